The molecule has 0 aliphatic heterocycles. The van der Waals surface area contributed by atoms with Crippen molar-refractivity contribution in [3.63, 3.8) is 0 Å². The molecule has 0 amide bonds. The molecule has 152 valence electrons. The zero-order valence-electron chi connectivity index (χ0n) is 16.8. The molecule has 30 heavy (non-hydrogen) atoms. The van der Waals surface area contributed by atoms with Gasteiger partial charge in [0.15, 0.2) is 10.9 Å². The maximum atomic E-state index is 12.8. The molecular weight excluding hydrogens is 414 g/mol. The van der Waals surface area contributed by atoms with E-state index in [1.807, 2.05) is 61.7 Å². The topological polar surface area (TPSA) is 67.8 Å². The molecule has 1 aromatic carbocycles. The number of Topliss-reactive ketones (excluding diaryl/α,β-unsaturated/α-hetero) is 1. The molecule has 5 nitrogen and oxygen atoms in total. The second-order valence-corrected chi connectivity index (χ2v) is 8.78. The molecule has 0 atom stereocenters. The third-order valence-corrected chi connectivity index (χ3v) is 6.78. The van der Waals surface area contributed by atoms with Crippen LogP contribution in [0.3, 0.4) is 0 Å². The summed E-state index contributed by atoms with van der Waals surface area (Å²) in [4.78, 5) is 33.6. The molecule has 4 aromatic rings. The van der Waals surface area contributed by atoms with E-state index in [0.717, 1.165) is 22.5 Å². The number of thioether (sulfide) groups is 1. The SMILES string of the molecule is C=CCn1c(C)cc(C(=O)CSc2nc3scc(-c4ccccc4)c3c(=O)[nH]2)c1C. The second-order valence-electron chi connectivity index (χ2n) is 6.96. The van der Waals surface area contributed by atoms with E-state index in [-0.39, 0.29) is 17.1 Å². The van der Waals surface area contributed by atoms with Crippen LogP contribution in [-0.4, -0.2) is 26.1 Å². The lowest BCUT2D eigenvalue weighted by Gasteiger charge is -2.06. The van der Waals surface area contributed by atoms with E-state index < -0.39 is 0 Å². The Morgan fingerprint density at radius 2 is 2.07 bits per heavy atom. The molecule has 0 aliphatic carbocycles. The Morgan fingerprint density at radius 3 is 2.80 bits per heavy atom. The Labute approximate surface area is 182 Å². The van der Waals surface area contributed by atoms with Crippen LogP contribution in [0.15, 0.2) is 64.4 Å². The summed E-state index contributed by atoms with van der Waals surface area (Å²) in [6.45, 7) is 8.37. The summed E-state index contributed by atoms with van der Waals surface area (Å²) in [6.07, 6.45) is 1.82. The summed E-state index contributed by atoms with van der Waals surface area (Å²) in [7, 11) is 0. The predicted octanol–water partition coefficient (Wildman–Crippen LogP) is 5.23. The molecule has 0 fully saturated rings. The molecule has 0 unspecified atom stereocenters. The zero-order chi connectivity index (χ0) is 21.3. The highest BCUT2D eigenvalue weighted by atomic mass is 32.2. The number of aromatic amines is 1. The number of aromatic nitrogens is 3. The van der Waals surface area contributed by atoms with Crippen molar-refractivity contribution in [3.8, 4) is 11.1 Å². The molecule has 4 rings (SSSR count). The van der Waals surface area contributed by atoms with Crippen molar-refractivity contribution in [3.05, 3.63) is 81.7 Å². The maximum absolute atomic E-state index is 12.8. The molecule has 0 spiro atoms. The van der Waals surface area contributed by atoms with Gasteiger partial charge in [-0.1, -0.05) is 48.2 Å². The Balaban J connectivity index is 1.57. The standard InChI is InChI=1S/C23H21N3O2S2/c1-4-10-26-14(2)11-17(15(26)3)19(27)13-30-23-24-21(28)20-18(12-29-22(20)25-23)16-8-6-5-7-9-16/h4-9,11-12H,1,10,13H2,2-3H3,(H,24,25,28). The van der Waals surface area contributed by atoms with Crippen molar-refractivity contribution >= 4 is 39.1 Å². The number of fused-ring (bicyclic) bond motifs is 1. The van der Waals surface area contributed by atoms with E-state index in [1.54, 1.807) is 0 Å². The van der Waals surface area contributed by atoms with Crippen LogP contribution in [0, 0.1) is 13.8 Å². The van der Waals surface area contributed by atoms with Gasteiger partial charge in [-0.2, -0.15) is 0 Å². The fourth-order valence-corrected chi connectivity index (χ4v) is 5.28. The monoisotopic (exact) mass is 435 g/mol. The number of allylic oxidation sites excluding steroid dienone is 1. The summed E-state index contributed by atoms with van der Waals surface area (Å²) in [5.41, 5.74) is 4.35. The number of nitrogens with one attached hydrogen (secondary N) is 1. The van der Waals surface area contributed by atoms with Crippen molar-refractivity contribution in [1.29, 1.82) is 0 Å². The van der Waals surface area contributed by atoms with Crippen LogP contribution in [0.2, 0.25) is 0 Å². The number of ketones is 1. The Kier molecular flexibility index (Phi) is 5.74. The molecule has 1 N–H and O–H groups in total. The average molecular weight is 436 g/mol. The van der Waals surface area contributed by atoms with Gasteiger partial charge in [0.2, 0.25) is 0 Å². The number of H-pyrrole nitrogens is 1. The second kappa shape index (κ2) is 8.45. The van der Waals surface area contributed by atoms with Gasteiger partial charge in [0.05, 0.1) is 11.1 Å². The number of aryl methyl sites for hydroxylation is 1. The van der Waals surface area contributed by atoms with Crippen LogP contribution in [-0.2, 0) is 6.54 Å². The summed E-state index contributed by atoms with van der Waals surface area (Å²) < 4.78 is 2.06. The van der Waals surface area contributed by atoms with Crippen LogP contribution in [0.25, 0.3) is 21.3 Å². The van der Waals surface area contributed by atoms with Crippen molar-refractivity contribution in [2.24, 2.45) is 0 Å². The average Bonchev–Trinajstić information content (AvgIpc) is 3.30. The van der Waals surface area contributed by atoms with Gasteiger partial charge in [-0.25, -0.2) is 4.98 Å². The summed E-state index contributed by atoms with van der Waals surface area (Å²) in [6, 6.07) is 11.7. The predicted molar refractivity (Wildman–Crippen MR) is 125 cm³/mol. The molecular formula is C23H21N3O2S2. The normalized spacial score (nSPS) is 11.1. The van der Waals surface area contributed by atoms with Gasteiger partial charge in [0.25, 0.3) is 5.56 Å². The Morgan fingerprint density at radius 1 is 1.30 bits per heavy atom. The van der Waals surface area contributed by atoms with Crippen molar-refractivity contribution in [1.82, 2.24) is 14.5 Å². The third kappa shape index (κ3) is 3.78. The van der Waals surface area contributed by atoms with Crippen molar-refractivity contribution in [2.75, 3.05) is 5.75 Å². The minimum Gasteiger partial charge on any atom is -0.345 e. The largest absolute Gasteiger partial charge is 0.345 e. The third-order valence-electron chi connectivity index (χ3n) is 5.03. The van der Waals surface area contributed by atoms with Crippen molar-refractivity contribution in [2.45, 2.75) is 25.5 Å². The van der Waals surface area contributed by atoms with E-state index >= 15 is 0 Å². The van der Waals surface area contributed by atoms with Gasteiger partial charge in [-0.15, -0.1) is 17.9 Å². The maximum Gasteiger partial charge on any atom is 0.260 e. The number of benzene rings is 1. The number of hydrogen-bond donors (Lipinski definition) is 1. The zero-order valence-corrected chi connectivity index (χ0v) is 18.4. The van der Waals surface area contributed by atoms with E-state index in [4.69, 9.17) is 0 Å². The highest BCUT2D eigenvalue weighted by molar-refractivity contribution is 7.99. The van der Waals surface area contributed by atoms with Crippen LogP contribution in [0.4, 0.5) is 0 Å². The Hall–Kier alpha value is -2.90. The quantitative estimate of drug-likeness (QED) is 0.187. The fraction of sp³-hybridized carbons (Fsp3) is 0.174. The van der Waals surface area contributed by atoms with E-state index in [2.05, 4.69) is 21.1 Å². The molecule has 3 heterocycles. The van der Waals surface area contributed by atoms with Gasteiger partial charge >= 0.3 is 0 Å². The van der Waals surface area contributed by atoms with Gasteiger partial charge in [-0.05, 0) is 25.5 Å². The number of rotatable bonds is 7. The minimum absolute atomic E-state index is 0.0160. The fourth-order valence-electron chi connectivity index (χ4n) is 3.53. The Bertz CT molecular complexity index is 1300. The lowest BCUT2D eigenvalue weighted by Crippen LogP contribution is -2.10. The highest BCUT2D eigenvalue weighted by Gasteiger charge is 2.17. The first-order valence-corrected chi connectivity index (χ1v) is 11.4. The molecule has 7 heteroatoms. The van der Waals surface area contributed by atoms with E-state index in [0.29, 0.717) is 27.5 Å². The lowest BCUT2D eigenvalue weighted by atomic mass is 10.1. The van der Waals surface area contributed by atoms with Crippen LogP contribution >= 0.6 is 23.1 Å². The number of carbonyl (C=O) groups is 1. The van der Waals surface area contributed by atoms with Crippen LogP contribution in [0.1, 0.15) is 21.7 Å². The summed E-state index contributed by atoms with van der Waals surface area (Å²) in [5.74, 6) is 0.228. The summed E-state index contributed by atoms with van der Waals surface area (Å²) >= 11 is 2.69. The molecule has 0 aliphatic rings. The number of nitrogens with zero attached hydrogens (tertiary/aromatic N) is 2. The van der Waals surface area contributed by atoms with Crippen molar-refractivity contribution < 1.29 is 4.79 Å². The van der Waals surface area contributed by atoms with Gasteiger partial charge in [0, 0.05) is 34.4 Å². The first-order chi connectivity index (χ1) is 14.5. The first kappa shape index (κ1) is 20.4. The lowest BCUT2D eigenvalue weighted by molar-refractivity contribution is 0.102. The van der Waals surface area contributed by atoms with Gasteiger partial charge in [-0.3, -0.25) is 9.59 Å². The molecule has 0 bridgehead atoms. The highest BCUT2D eigenvalue weighted by Crippen LogP contribution is 2.31. The molecule has 0 saturated heterocycles. The minimum atomic E-state index is -0.181. The summed E-state index contributed by atoms with van der Waals surface area (Å²) in [5, 5.41) is 3.01. The molecule has 3 aromatic heterocycles. The number of thiophene rings is 1. The number of carbonyl (C=O) groups excluding carboxylic acids is 1. The molecule has 0 saturated carbocycles. The van der Waals surface area contributed by atoms with Crippen LogP contribution in [0.5, 0.6) is 0 Å². The first-order valence-electron chi connectivity index (χ1n) is 9.50. The number of hydrogen-bond acceptors (Lipinski definition) is 5. The van der Waals surface area contributed by atoms with Gasteiger partial charge in [0.1, 0.15) is 4.83 Å². The van der Waals surface area contributed by atoms with Gasteiger partial charge < -0.3 is 9.55 Å². The van der Waals surface area contributed by atoms with E-state index in [9.17, 15) is 9.59 Å². The smallest absolute Gasteiger partial charge is 0.260 e. The van der Waals surface area contributed by atoms with Crippen LogP contribution < -0.4 is 5.56 Å². The molecule has 0 radical (unpaired) electrons. The van der Waals surface area contributed by atoms with E-state index in [1.165, 1.54) is 23.1 Å².